The summed E-state index contributed by atoms with van der Waals surface area (Å²) in [5, 5.41) is 0. The van der Waals surface area contributed by atoms with Crippen molar-refractivity contribution in [3.8, 4) is 0 Å². The number of Topliss-reactive ketones (excluding diaryl/α,β-unsaturated/α-hetero) is 1. The Balaban J connectivity index is 1.61. The number of hydrogen-bond donors (Lipinski definition) is 0. The van der Waals surface area contributed by atoms with Crippen molar-refractivity contribution >= 4 is 23.3 Å². The molecule has 1 aromatic heterocycles. The first-order valence-electron chi connectivity index (χ1n) is 10.3. The van der Waals surface area contributed by atoms with Gasteiger partial charge in [0.1, 0.15) is 6.54 Å². The van der Waals surface area contributed by atoms with Crippen LogP contribution in [0.5, 0.6) is 0 Å². The van der Waals surface area contributed by atoms with Crippen LogP contribution in [0.2, 0.25) is 0 Å². The minimum Gasteiger partial charge on any atom is -0.462 e. The van der Waals surface area contributed by atoms with Gasteiger partial charge >= 0.3 is 5.97 Å². The van der Waals surface area contributed by atoms with Crippen LogP contribution in [-0.2, 0) is 16.1 Å². The maximum absolute atomic E-state index is 12.9. The van der Waals surface area contributed by atoms with Crippen LogP contribution in [0.1, 0.15) is 46.0 Å². The molecule has 1 saturated heterocycles. The number of ether oxygens (including phenoxy) is 1. The molecule has 30 heavy (non-hydrogen) atoms. The third kappa shape index (κ3) is 4.56. The average Bonchev–Trinajstić information content (AvgIpc) is 3.02. The third-order valence-corrected chi connectivity index (χ3v) is 5.63. The fourth-order valence-corrected chi connectivity index (χ4v) is 3.82. The number of benzene rings is 1. The molecule has 0 radical (unpaired) electrons. The molecule has 0 aliphatic carbocycles. The van der Waals surface area contributed by atoms with Gasteiger partial charge in [-0.15, -0.1) is 0 Å². The molecular formula is C23H29N3O4. The molecule has 2 aromatic rings. The number of hydrogen-bond acceptors (Lipinski definition) is 5. The topological polar surface area (TPSA) is 71.8 Å². The number of carbonyl (C=O) groups excluding carboxylic acids is 3. The Labute approximate surface area is 177 Å². The lowest BCUT2D eigenvalue weighted by atomic mass is 10.1. The van der Waals surface area contributed by atoms with Gasteiger partial charge in [0.2, 0.25) is 5.91 Å². The summed E-state index contributed by atoms with van der Waals surface area (Å²) in [6, 6.07) is 9.38. The van der Waals surface area contributed by atoms with Crippen molar-refractivity contribution in [2.75, 3.05) is 37.7 Å². The molecule has 7 heteroatoms. The number of aryl methyl sites for hydroxylation is 1. The number of rotatable bonds is 6. The van der Waals surface area contributed by atoms with E-state index in [9.17, 15) is 14.4 Å². The molecule has 0 saturated carbocycles. The summed E-state index contributed by atoms with van der Waals surface area (Å²) in [5.74, 6) is -0.258. The standard InChI is InChI=1S/C23H29N3O4/c1-5-30-23(29)21-14-16(2)26(17(21)3)15-22(28)25-12-10-24(11-13-25)20-8-6-19(7-9-20)18(4)27/h6-9,14H,5,10-13,15H2,1-4H3. The van der Waals surface area contributed by atoms with Gasteiger partial charge in [-0.2, -0.15) is 0 Å². The van der Waals surface area contributed by atoms with E-state index in [-0.39, 0.29) is 24.2 Å². The van der Waals surface area contributed by atoms with Crippen molar-refractivity contribution in [2.45, 2.75) is 34.2 Å². The van der Waals surface area contributed by atoms with Crippen LogP contribution in [0.15, 0.2) is 30.3 Å². The second-order valence-electron chi connectivity index (χ2n) is 7.56. The van der Waals surface area contributed by atoms with E-state index in [1.165, 1.54) is 0 Å². The molecule has 1 aliphatic rings. The quantitative estimate of drug-likeness (QED) is 0.540. The minimum absolute atomic E-state index is 0.0405. The van der Waals surface area contributed by atoms with Crippen LogP contribution >= 0.6 is 0 Å². The molecule has 0 N–H and O–H groups in total. The van der Waals surface area contributed by atoms with Crippen molar-refractivity contribution in [1.82, 2.24) is 9.47 Å². The summed E-state index contributed by atoms with van der Waals surface area (Å²) < 4.78 is 6.98. The first-order valence-corrected chi connectivity index (χ1v) is 10.3. The van der Waals surface area contributed by atoms with Gasteiger partial charge in [-0.3, -0.25) is 9.59 Å². The van der Waals surface area contributed by atoms with Gasteiger partial charge in [0.25, 0.3) is 0 Å². The van der Waals surface area contributed by atoms with E-state index in [2.05, 4.69) is 4.90 Å². The van der Waals surface area contributed by atoms with Gasteiger partial charge in [0.15, 0.2) is 5.78 Å². The number of amides is 1. The van der Waals surface area contributed by atoms with Crippen LogP contribution in [0, 0.1) is 13.8 Å². The van der Waals surface area contributed by atoms with Crippen molar-refractivity contribution in [3.63, 3.8) is 0 Å². The van der Waals surface area contributed by atoms with E-state index in [4.69, 9.17) is 4.74 Å². The Hall–Kier alpha value is -3.09. The Morgan fingerprint density at radius 2 is 1.63 bits per heavy atom. The highest BCUT2D eigenvalue weighted by atomic mass is 16.5. The van der Waals surface area contributed by atoms with Crippen LogP contribution in [0.4, 0.5) is 5.69 Å². The number of carbonyl (C=O) groups is 3. The van der Waals surface area contributed by atoms with Gasteiger partial charge in [-0.05, 0) is 58.0 Å². The van der Waals surface area contributed by atoms with Crippen molar-refractivity contribution in [2.24, 2.45) is 0 Å². The molecule has 1 fully saturated rings. The smallest absolute Gasteiger partial charge is 0.339 e. The maximum Gasteiger partial charge on any atom is 0.339 e. The lowest BCUT2D eigenvalue weighted by Crippen LogP contribution is -2.49. The Morgan fingerprint density at radius 3 is 2.20 bits per heavy atom. The third-order valence-electron chi connectivity index (χ3n) is 5.63. The highest BCUT2D eigenvalue weighted by molar-refractivity contribution is 5.94. The Bertz CT molecular complexity index is 938. The van der Waals surface area contributed by atoms with Gasteiger partial charge in [0, 0.05) is 48.8 Å². The van der Waals surface area contributed by atoms with Crippen LogP contribution in [0.3, 0.4) is 0 Å². The molecule has 1 aliphatic heterocycles. The van der Waals surface area contributed by atoms with Crippen molar-refractivity contribution in [3.05, 3.63) is 52.8 Å². The predicted molar refractivity (Wildman–Crippen MR) is 115 cm³/mol. The maximum atomic E-state index is 12.9. The number of aromatic nitrogens is 1. The van der Waals surface area contributed by atoms with E-state index in [1.54, 1.807) is 19.9 Å². The molecule has 1 amide bonds. The highest BCUT2D eigenvalue weighted by Crippen LogP contribution is 2.19. The summed E-state index contributed by atoms with van der Waals surface area (Å²) in [6.07, 6.45) is 0. The monoisotopic (exact) mass is 411 g/mol. The SMILES string of the molecule is CCOC(=O)c1cc(C)n(CC(=O)N2CCN(c3ccc(C(C)=O)cc3)CC2)c1C. The molecule has 2 heterocycles. The lowest BCUT2D eigenvalue weighted by molar-refractivity contribution is -0.132. The predicted octanol–water partition coefficient (Wildman–Crippen LogP) is 2.83. The second kappa shape index (κ2) is 9.15. The summed E-state index contributed by atoms with van der Waals surface area (Å²) in [4.78, 5) is 40.5. The van der Waals surface area contributed by atoms with E-state index in [1.807, 2.05) is 47.6 Å². The van der Waals surface area contributed by atoms with Crippen molar-refractivity contribution < 1.29 is 19.1 Å². The Kier molecular flexibility index (Phi) is 6.59. The lowest BCUT2D eigenvalue weighted by Gasteiger charge is -2.36. The van der Waals surface area contributed by atoms with Crippen LogP contribution < -0.4 is 4.90 Å². The number of nitrogens with zero attached hydrogens (tertiary/aromatic N) is 3. The molecule has 160 valence electrons. The summed E-state index contributed by atoms with van der Waals surface area (Å²) in [7, 11) is 0. The van der Waals surface area contributed by atoms with E-state index in [0.29, 0.717) is 30.8 Å². The van der Waals surface area contributed by atoms with E-state index in [0.717, 1.165) is 30.2 Å². The van der Waals surface area contributed by atoms with Crippen LogP contribution in [0.25, 0.3) is 0 Å². The number of piperazine rings is 1. The molecule has 0 atom stereocenters. The fraction of sp³-hybridized carbons (Fsp3) is 0.435. The summed E-state index contributed by atoms with van der Waals surface area (Å²) in [6.45, 7) is 10.4. The molecule has 3 rings (SSSR count). The van der Waals surface area contributed by atoms with Gasteiger partial charge in [0.05, 0.1) is 12.2 Å². The molecule has 0 spiro atoms. The zero-order chi connectivity index (χ0) is 21.8. The first-order chi connectivity index (χ1) is 14.3. The normalized spacial score (nSPS) is 14.0. The molecule has 0 bridgehead atoms. The van der Waals surface area contributed by atoms with Crippen LogP contribution in [-0.4, -0.2) is 59.9 Å². The Morgan fingerprint density at radius 1 is 1.00 bits per heavy atom. The molecule has 1 aromatic carbocycles. The molecular weight excluding hydrogens is 382 g/mol. The zero-order valence-corrected chi connectivity index (χ0v) is 18.1. The number of ketones is 1. The number of esters is 1. The molecule has 0 unspecified atom stereocenters. The highest BCUT2D eigenvalue weighted by Gasteiger charge is 2.24. The van der Waals surface area contributed by atoms with Gasteiger partial charge in [-0.25, -0.2) is 4.79 Å². The summed E-state index contributed by atoms with van der Waals surface area (Å²) >= 11 is 0. The minimum atomic E-state index is -0.353. The fourth-order valence-electron chi connectivity index (χ4n) is 3.82. The summed E-state index contributed by atoms with van der Waals surface area (Å²) in [5.41, 5.74) is 3.90. The first kappa shape index (κ1) is 21.6. The van der Waals surface area contributed by atoms with Crippen molar-refractivity contribution in [1.29, 1.82) is 0 Å². The van der Waals surface area contributed by atoms with E-state index < -0.39 is 0 Å². The van der Waals surface area contributed by atoms with Gasteiger partial charge in [-0.1, -0.05) is 0 Å². The van der Waals surface area contributed by atoms with Gasteiger partial charge < -0.3 is 19.1 Å². The van der Waals surface area contributed by atoms with E-state index >= 15 is 0 Å². The second-order valence-corrected chi connectivity index (χ2v) is 7.56. The largest absolute Gasteiger partial charge is 0.462 e. The molecule has 7 nitrogen and oxygen atoms in total. The average molecular weight is 412 g/mol. The zero-order valence-electron chi connectivity index (χ0n) is 18.1. The number of anilines is 1.